The number of carbonyl (C=O) groups excluding carboxylic acids is 4. The highest BCUT2D eigenvalue weighted by Crippen LogP contribution is 2.35. The third-order valence-corrected chi connectivity index (χ3v) is 7.72. The lowest BCUT2D eigenvalue weighted by atomic mass is 10.2. The van der Waals surface area contributed by atoms with Crippen LogP contribution in [0.25, 0.3) is 0 Å². The molecule has 0 spiro atoms. The molecular formula is C34H32F4N2O8. The van der Waals surface area contributed by atoms with Gasteiger partial charge in [-0.3, -0.25) is 9.59 Å². The number of esters is 2. The predicted molar refractivity (Wildman–Crippen MR) is 160 cm³/mol. The Hall–Kier alpha value is -5.14. The van der Waals surface area contributed by atoms with E-state index in [1.54, 1.807) is 60.7 Å². The van der Waals surface area contributed by atoms with Crippen LogP contribution in [0.1, 0.15) is 24.0 Å². The Balaban J connectivity index is 1.17. The summed E-state index contributed by atoms with van der Waals surface area (Å²) >= 11 is 0. The Morgan fingerprint density at radius 1 is 0.583 bits per heavy atom. The van der Waals surface area contributed by atoms with E-state index in [2.05, 4.69) is 0 Å². The molecule has 10 nitrogen and oxygen atoms in total. The largest absolute Gasteiger partial charge is 0.480 e. The first-order chi connectivity index (χ1) is 22.9. The number of alkyl halides is 4. The summed E-state index contributed by atoms with van der Waals surface area (Å²) in [5, 5.41) is 0. The van der Waals surface area contributed by atoms with Gasteiger partial charge in [-0.15, -0.1) is 0 Å². The molecule has 254 valence electrons. The lowest BCUT2D eigenvalue weighted by Crippen LogP contribution is -2.44. The van der Waals surface area contributed by atoms with Gasteiger partial charge in [-0.25, -0.2) is 27.2 Å². The summed E-state index contributed by atoms with van der Waals surface area (Å²) in [4.78, 5) is 52.8. The topological polar surface area (TPSA) is 112 Å². The summed E-state index contributed by atoms with van der Waals surface area (Å²) in [5.74, 6) is -10.6. The molecule has 14 heteroatoms. The van der Waals surface area contributed by atoms with E-state index >= 15 is 0 Å². The van der Waals surface area contributed by atoms with E-state index in [0.29, 0.717) is 20.9 Å². The normalized spacial score (nSPS) is 19.4. The number of benzene rings is 3. The van der Waals surface area contributed by atoms with Gasteiger partial charge in [-0.2, -0.15) is 0 Å². The Kier molecular flexibility index (Phi) is 10.5. The van der Waals surface area contributed by atoms with Gasteiger partial charge in [-0.05, 0) is 23.3 Å². The molecule has 0 aromatic heterocycles. The van der Waals surface area contributed by atoms with Crippen molar-refractivity contribution < 1.29 is 55.7 Å². The average Bonchev–Trinajstić information content (AvgIpc) is 3.60. The maximum atomic E-state index is 14.3. The number of nitrogens with zero attached hydrogens (tertiary/aromatic N) is 2. The van der Waals surface area contributed by atoms with E-state index in [4.69, 9.17) is 18.9 Å². The van der Waals surface area contributed by atoms with E-state index in [9.17, 15) is 36.7 Å². The monoisotopic (exact) mass is 672 g/mol. The molecule has 2 fully saturated rings. The molecule has 48 heavy (non-hydrogen) atoms. The zero-order valence-corrected chi connectivity index (χ0v) is 25.6. The molecule has 2 amide bonds. The quantitative estimate of drug-likeness (QED) is 0.206. The number of likely N-dealkylation sites (tertiary alicyclic amines) is 2. The van der Waals surface area contributed by atoms with Crippen molar-refractivity contribution in [1.82, 2.24) is 9.80 Å². The van der Waals surface area contributed by atoms with Gasteiger partial charge >= 0.3 is 11.9 Å². The highest BCUT2D eigenvalue weighted by molar-refractivity contribution is 5.87. The smallest absolute Gasteiger partial charge is 0.329 e. The zero-order chi connectivity index (χ0) is 34.3. The molecule has 3 aromatic rings. The molecule has 3 aromatic carbocycles. The first-order valence-electron chi connectivity index (χ1n) is 15.0. The molecule has 2 heterocycles. The van der Waals surface area contributed by atoms with E-state index in [0.717, 1.165) is 0 Å². The Morgan fingerprint density at radius 2 is 0.938 bits per heavy atom. The second kappa shape index (κ2) is 14.7. The van der Waals surface area contributed by atoms with Gasteiger partial charge in [0, 0.05) is 12.8 Å². The molecule has 0 saturated carbocycles. The molecular weight excluding hydrogens is 640 g/mol. The zero-order valence-electron chi connectivity index (χ0n) is 25.6. The van der Waals surface area contributed by atoms with Crippen molar-refractivity contribution in [3.8, 4) is 11.5 Å². The fourth-order valence-corrected chi connectivity index (χ4v) is 5.36. The predicted octanol–water partition coefficient (Wildman–Crippen LogP) is 4.40. The van der Waals surface area contributed by atoms with Crippen LogP contribution in [-0.2, 0) is 41.9 Å². The average molecular weight is 673 g/mol. The van der Waals surface area contributed by atoms with Crippen molar-refractivity contribution in [1.29, 1.82) is 0 Å². The van der Waals surface area contributed by atoms with E-state index < -0.39 is 86.8 Å². The third-order valence-electron chi connectivity index (χ3n) is 7.72. The molecule has 0 radical (unpaired) electrons. The number of hydrogen-bond acceptors (Lipinski definition) is 8. The molecule has 2 aliphatic heterocycles. The van der Waals surface area contributed by atoms with E-state index in [1.807, 2.05) is 0 Å². The maximum Gasteiger partial charge on any atom is 0.329 e. The van der Waals surface area contributed by atoms with Gasteiger partial charge in [0.15, 0.2) is 24.7 Å². The van der Waals surface area contributed by atoms with Crippen LogP contribution in [0.2, 0.25) is 0 Å². The van der Waals surface area contributed by atoms with Crippen molar-refractivity contribution in [2.75, 3.05) is 26.3 Å². The van der Waals surface area contributed by atoms with E-state index in [-0.39, 0.29) is 24.7 Å². The molecule has 2 atom stereocenters. The van der Waals surface area contributed by atoms with Gasteiger partial charge in [0.2, 0.25) is 0 Å². The van der Waals surface area contributed by atoms with Crippen molar-refractivity contribution in [2.45, 2.75) is 50.0 Å². The van der Waals surface area contributed by atoms with Crippen LogP contribution in [0.15, 0.2) is 84.9 Å². The summed E-state index contributed by atoms with van der Waals surface area (Å²) in [6.07, 6.45) is -1.82. The van der Waals surface area contributed by atoms with Crippen molar-refractivity contribution in [3.05, 3.63) is 96.1 Å². The van der Waals surface area contributed by atoms with E-state index in [1.165, 1.54) is 24.3 Å². The van der Waals surface area contributed by atoms with Crippen LogP contribution in [0.3, 0.4) is 0 Å². The van der Waals surface area contributed by atoms with Crippen LogP contribution in [-0.4, -0.2) is 83.8 Å². The molecule has 5 rings (SSSR count). The van der Waals surface area contributed by atoms with Crippen LogP contribution < -0.4 is 9.47 Å². The van der Waals surface area contributed by atoms with Gasteiger partial charge in [0.05, 0.1) is 13.1 Å². The second-order valence-corrected chi connectivity index (χ2v) is 11.4. The number of hydrogen-bond donors (Lipinski definition) is 0. The lowest BCUT2D eigenvalue weighted by Gasteiger charge is -2.24. The van der Waals surface area contributed by atoms with Crippen LogP contribution in [0.5, 0.6) is 11.5 Å². The SMILES string of the molecule is O=C(OCc1ccccc1)C1CC(F)(F)CN1C(=O)COc1ccccc1OCC(=O)N1CC(F)(F)CC1C(=O)OCc1ccccc1. The van der Waals surface area contributed by atoms with Crippen LogP contribution in [0, 0.1) is 0 Å². The minimum atomic E-state index is -3.33. The van der Waals surface area contributed by atoms with Crippen LogP contribution >= 0.6 is 0 Å². The molecule has 0 bridgehead atoms. The minimum absolute atomic E-state index is 0.0571. The Labute approximate surface area is 273 Å². The lowest BCUT2D eigenvalue weighted by molar-refractivity contribution is -0.155. The number of para-hydroxylation sites is 2. The fraction of sp³-hybridized carbons (Fsp3) is 0.353. The molecule has 0 aliphatic carbocycles. The molecule has 2 saturated heterocycles. The highest BCUT2D eigenvalue weighted by Gasteiger charge is 2.52. The maximum absolute atomic E-state index is 14.3. The number of rotatable bonds is 12. The van der Waals surface area contributed by atoms with Gasteiger partial charge in [0.25, 0.3) is 23.7 Å². The number of ether oxygens (including phenoxy) is 4. The highest BCUT2D eigenvalue weighted by atomic mass is 19.3. The molecule has 2 aliphatic rings. The first kappa shape index (κ1) is 34.2. The second-order valence-electron chi connectivity index (χ2n) is 11.4. The third kappa shape index (κ3) is 8.81. The standard InChI is InChI=1S/C34H32F4N2O8/c35-33(36)15-25(31(43)47-17-23-9-3-1-4-10-23)39(21-33)29(41)19-45-27-13-7-8-14-28(27)46-20-30(42)40-22-34(37,38)16-26(40)32(44)48-18-24-11-5-2-6-12-24/h1-14,25-26H,15-22H2. The van der Waals surface area contributed by atoms with Crippen molar-refractivity contribution in [2.24, 2.45) is 0 Å². The number of amides is 2. The first-order valence-corrected chi connectivity index (χ1v) is 15.0. The molecule has 2 unspecified atom stereocenters. The Morgan fingerprint density at radius 3 is 1.31 bits per heavy atom. The number of halogens is 4. The summed E-state index contributed by atoms with van der Waals surface area (Å²) in [7, 11) is 0. The summed E-state index contributed by atoms with van der Waals surface area (Å²) < 4.78 is 78.8. The summed E-state index contributed by atoms with van der Waals surface area (Å²) in [6.45, 7) is -3.87. The summed E-state index contributed by atoms with van der Waals surface area (Å²) in [5.41, 5.74) is 1.28. The molecule has 0 N–H and O–H groups in total. The number of carbonyl (C=O) groups is 4. The van der Waals surface area contributed by atoms with Gasteiger partial charge in [0.1, 0.15) is 25.3 Å². The van der Waals surface area contributed by atoms with Crippen molar-refractivity contribution in [3.63, 3.8) is 0 Å². The van der Waals surface area contributed by atoms with Crippen LogP contribution in [0.4, 0.5) is 17.6 Å². The van der Waals surface area contributed by atoms with Crippen molar-refractivity contribution >= 4 is 23.8 Å². The van der Waals surface area contributed by atoms with Gasteiger partial charge in [-0.1, -0.05) is 72.8 Å². The minimum Gasteiger partial charge on any atom is -0.480 e. The fourth-order valence-electron chi connectivity index (χ4n) is 5.36. The Bertz CT molecular complexity index is 1490. The van der Waals surface area contributed by atoms with Gasteiger partial charge < -0.3 is 28.7 Å². The summed E-state index contributed by atoms with van der Waals surface area (Å²) in [6, 6.07) is 19.9.